The van der Waals surface area contributed by atoms with Crippen molar-refractivity contribution >= 4 is 52.4 Å². The largest absolute Gasteiger partial charge is 0.382 e. The van der Waals surface area contributed by atoms with Crippen molar-refractivity contribution in [2.24, 2.45) is 5.92 Å². The van der Waals surface area contributed by atoms with Crippen LogP contribution in [-0.2, 0) is 23.4 Å². The molecule has 0 bridgehead atoms. The van der Waals surface area contributed by atoms with Crippen LogP contribution in [0.4, 0.5) is 24.9 Å². The van der Waals surface area contributed by atoms with E-state index < -0.39 is 60.9 Å². The first-order valence-corrected chi connectivity index (χ1v) is 14.7. The average molecular weight is 662 g/mol. The number of hydrogen-bond donors (Lipinski definition) is 4. The number of alkyl halides is 3. The summed E-state index contributed by atoms with van der Waals surface area (Å²) < 4.78 is 70.8. The van der Waals surface area contributed by atoms with Crippen LogP contribution in [0.5, 0.6) is 0 Å². The smallest absolute Gasteiger partial charge is 0.309 e. The van der Waals surface area contributed by atoms with E-state index in [-0.39, 0.29) is 44.8 Å². The van der Waals surface area contributed by atoms with Crippen LogP contribution in [0.3, 0.4) is 0 Å². The predicted molar refractivity (Wildman–Crippen MR) is 150 cm³/mol. The first kappa shape index (κ1) is 30.9. The minimum Gasteiger partial charge on any atom is -0.382 e. The molecule has 238 valence electrons. The third-order valence-corrected chi connectivity index (χ3v) is 8.58. The maximum absolute atomic E-state index is 15.7. The van der Waals surface area contributed by atoms with Crippen LogP contribution in [-0.4, -0.2) is 94.1 Å². The second-order valence-corrected chi connectivity index (χ2v) is 11.5. The summed E-state index contributed by atoms with van der Waals surface area (Å²) in [6, 6.07) is 0. The average Bonchev–Trinajstić information content (AvgIpc) is 3.73. The van der Waals surface area contributed by atoms with Crippen molar-refractivity contribution in [3.8, 4) is 0 Å². The lowest BCUT2D eigenvalue weighted by Gasteiger charge is -2.21. The summed E-state index contributed by atoms with van der Waals surface area (Å²) in [6.45, 7) is -0.491. The number of nitrogens with zero attached hydrogens (tertiary/aromatic N) is 7. The molecule has 2 unspecified atom stereocenters. The van der Waals surface area contributed by atoms with Crippen molar-refractivity contribution in [1.82, 2.24) is 39.0 Å². The molecule has 6 N–H and O–H groups in total. The zero-order chi connectivity index (χ0) is 31.2. The van der Waals surface area contributed by atoms with E-state index >= 15 is 13.2 Å². The number of halogens is 3. The normalized spacial score (nSPS) is 28.7. The molecule has 0 aromatic carbocycles. The predicted octanol–water partition coefficient (Wildman–Crippen LogP) is 1.17. The zero-order valence-corrected chi connectivity index (χ0v) is 24.6. The van der Waals surface area contributed by atoms with Crippen molar-refractivity contribution in [3.05, 3.63) is 29.3 Å². The van der Waals surface area contributed by atoms with Crippen molar-refractivity contribution in [2.45, 2.75) is 49.3 Å². The van der Waals surface area contributed by atoms with Crippen molar-refractivity contribution in [3.63, 3.8) is 0 Å². The molecule has 4 aromatic heterocycles. The minimum absolute atomic E-state index is 0.0847. The minimum atomic E-state index is -3.72. The van der Waals surface area contributed by atoms with E-state index in [4.69, 9.17) is 30.0 Å². The van der Waals surface area contributed by atoms with Gasteiger partial charge in [0.25, 0.3) is 5.56 Å². The number of ether oxygens (including phenoxy) is 2. The molecule has 2 fully saturated rings. The molecular weight excluding hydrogens is 635 g/mol. The second kappa shape index (κ2) is 12.4. The Morgan fingerprint density at radius 2 is 1.84 bits per heavy atom. The van der Waals surface area contributed by atoms with Crippen molar-refractivity contribution in [2.75, 3.05) is 30.8 Å². The number of nitrogens with two attached hydrogens (primary N) is 2. The molecule has 6 rings (SSSR count). The monoisotopic (exact) mass is 662 g/mol. The highest BCUT2D eigenvalue weighted by Crippen LogP contribution is 2.45. The highest BCUT2D eigenvalue weighted by Gasteiger charge is 2.61. The van der Waals surface area contributed by atoms with Crippen LogP contribution >= 0.6 is 18.3 Å². The first-order valence-electron chi connectivity index (χ1n) is 13.1. The van der Waals surface area contributed by atoms with Crippen LogP contribution in [0.25, 0.3) is 22.3 Å². The van der Waals surface area contributed by atoms with E-state index in [1.54, 1.807) is 0 Å². The summed E-state index contributed by atoms with van der Waals surface area (Å²) in [5, 5.41) is 9.33. The maximum atomic E-state index is 15.7. The van der Waals surface area contributed by atoms with Gasteiger partial charge in [-0.15, -0.1) is 0 Å². The van der Waals surface area contributed by atoms with E-state index in [0.717, 1.165) is 10.9 Å². The Hall–Kier alpha value is -3.09. The maximum Gasteiger partial charge on any atom is 0.309 e. The van der Waals surface area contributed by atoms with Gasteiger partial charge < -0.3 is 30.0 Å². The van der Waals surface area contributed by atoms with Gasteiger partial charge in [-0.3, -0.25) is 24.2 Å². The van der Waals surface area contributed by atoms with Gasteiger partial charge in [-0.25, -0.2) is 38.0 Å². The molecule has 2 aliphatic rings. The molecule has 0 aliphatic carbocycles. The molecule has 44 heavy (non-hydrogen) atoms. The van der Waals surface area contributed by atoms with Gasteiger partial charge in [-0.05, 0) is 12.6 Å². The number of aromatic amines is 1. The quantitative estimate of drug-likeness (QED) is 0.0766. The zero-order valence-electron chi connectivity index (χ0n) is 22.5. The topological polar surface area (TPSA) is 226 Å². The van der Waals surface area contributed by atoms with E-state index in [9.17, 15) is 10.1 Å². The van der Waals surface area contributed by atoms with Crippen LogP contribution in [0.15, 0.2) is 23.8 Å². The number of H-pyrrole nitrogens is 1. The molecule has 4 aromatic rings. The number of nitrogens with one attached hydrogen (secondary N) is 1. The summed E-state index contributed by atoms with van der Waals surface area (Å²) in [5.41, 5.74) is 11.1. The lowest BCUT2D eigenvalue weighted by atomic mass is 9.96. The Morgan fingerprint density at radius 3 is 2.59 bits per heavy atom. The second-order valence-electron chi connectivity index (χ2n) is 10.1. The number of rotatable bonds is 11. The van der Waals surface area contributed by atoms with E-state index in [0.29, 0.717) is 17.3 Å². The third kappa shape index (κ3) is 5.38. The molecule has 22 heteroatoms. The van der Waals surface area contributed by atoms with Gasteiger partial charge in [0.1, 0.15) is 11.8 Å². The number of fused-ring (bicyclic) bond motifs is 2. The molecule has 0 saturated carbocycles. The summed E-state index contributed by atoms with van der Waals surface area (Å²) in [4.78, 5) is 38.5. The Bertz CT molecular complexity index is 1700. The molecule has 9 atom stereocenters. The number of nitrogen functional groups attached to an aromatic ring is 2. The van der Waals surface area contributed by atoms with Crippen LogP contribution < -0.4 is 17.0 Å². The fourth-order valence-electron chi connectivity index (χ4n) is 5.40. The molecule has 2 aliphatic heterocycles. The molecule has 2 saturated heterocycles. The lowest BCUT2D eigenvalue weighted by Crippen LogP contribution is -2.42. The van der Waals surface area contributed by atoms with Gasteiger partial charge in [-0.1, -0.05) is 0 Å². The summed E-state index contributed by atoms with van der Waals surface area (Å²) in [5.74, 6) is -4.45. The number of hydrogen-bond acceptors (Lipinski definition) is 14. The SMILES string of the molecule is Nc1nc2c(ncn2[C@@H]2O[C@H](COPCC[C@H]3[C@H](F)[C@H](n4cnc5c(N)ncnc54)O[C@@H]3COP)C(F)(F)[C@H]2OO)c(=O)[nH]1. The van der Waals surface area contributed by atoms with Gasteiger partial charge in [0.15, 0.2) is 47.4 Å². The third-order valence-electron chi connectivity index (χ3n) is 7.52. The van der Waals surface area contributed by atoms with Gasteiger partial charge in [0.2, 0.25) is 12.1 Å². The van der Waals surface area contributed by atoms with Gasteiger partial charge in [0, 0.05) is 24.2 Å². The summed E-state index contributed by atoms with van der Waals surface area (Å²) >= 11 is 0. The van der Waals surface area contributed by atoms with Gasteiger partial charge in [-0.2, -0.15) is 4.98 Å². The molecule has 0 spiro atoms. The summed E-state index contributed by atoms with van der Waals surface area (Å²) in [7, 11) is 1.80. The van der Waals surface area contributed by atoms with E-state index in [2.05, 4.69) is 44.3 Å². The van der Waals surface area contributed by atoms with Gasteiger partial charge >= 0.3 is 5.92 Å². The van der Waals surface area contributed by atoms with Crippen LogP contribution in [0, 0.1) is 5.92 Å². The van der Waals surface area contributed by atoms with Gasteiger partial charge in [0.05, 0.1) is 32.0 Å². The Balaban J connectivity index is 1.08. The van der Waals surface area contributed by atoms with Crippen molar-refractivity contribution < 1.29 is 41.8 Å². The van der Waals surface area contributed by atoms with Crippen LogP contribution in [0.1, 0.15) is 18.9 Å². The van der Waals surface area contributed by atoms with Crippen molar-refractivity contribution in [1.29, 1.82) is 0 Å². The fraction of sp³-hybridized carbons (Fsp3) is 0.545. The highest BCUT2D eigenvalue weighted by atomic mass is 31.1. The molecule has 6 heterocycles. The Kier molecular flexibility index (Phi) is 8.69. The number of anilines is 2. The molecule has 0 radical (unpaired) electrons. The standard InChI is InChI=1S/C22H27F3N10O7P2/c23-11-8(9(3-38-43)40-19(11)34-6-30-12-15(26)28-5-29-16(12)34)1-2-44-39-4-10-22(24,25)14(42-37)20(41-10)35-7-31-13-17(35)32-21(27)33-18(13)36/h5-11,14,19-20,37,44H,1-4,43H2,(H2,26,28,29)(H3,27,32,33,36)/t8-,9-,10-,11+,14+,19-,20-/m1/s1. The number of imidazole rings is 2. The summed E-state index contributed by atoms with van der Waals surface area (Å²) in [6.07, 6.45) is -4.51. The molecule has 0 amide bonds. The van der Waals surface area contributed by atoms with E-state index in [1.807, 2.05) is 0 Å². The highest BCUT2D eigenvalue weighted by molar-refractivity contribution is 7.32. The number of aromatic nitrogens is 8. The Labute approximate surface area is 248 Å². The van der Waals surface area contributed by atoms with E-state index in [1.165, 1.54) is 17.2 Å². The fourth-order valence-corrected chi connectivity index (χ4v) is 6.45. The molecular formula is C22H27F3N10O7P2. The first-order chi connectivity index (χ1) is 21.1. The molecule has 17 nitrogen and oxygen atoms in total. The van der Waals surface area contributed by atoms with Crippen LogP contribution in [0.2, 0.25) is 0 Å². The Morgan fingerprint density at radius 1 is 1.09 bits per heavy atom. The lowest BCUT2D eigenvalue weighted by molar-refractivity contribution is -0.326.